The quantitative estimate of drug-likeness (QED) is 0.153. The third-order valence-electron chi connectivity index (χ3n) is 7.66. The number of primary amides is 1. The third kappa shape index (κ3) is 7.82. The number of nitrogens with two attached hydrogens (primary N) is 1. The standard InChI is InChI=1S/C33H36BrN5O6/c1-18-11-23(30(35)40)12-19(2)25(18)15-26(38-33(42)43)32(41)39(17-21-9-10-28(44-4)29(13-21)45-5)20(3)31-36-16-27(37-31)22-7-6-8-24(34)14-22/h6-14,16,20,26,38H,15,17H2,1-5H3,(H2,35,40)(H,36,37)(H,42,43). The zero-order chi connectivity index (χ0) is 32.8. The highest BCUT2D eigenvalue weighted by molar-refractivity contribution is 9.10. The van der Waals surface area contributed by atoms with Crippen molar-refractivity contribution in [3.63, 3.8) is 0 Å². The molecule has 45 heavy (non-hydrogen) atoms. The Hall–Kier alpha value is -4.84. The van der Waals surface area contributed by atoms with Crippen LogP contribution < -0.4 is 20.5 Å². The minimum Gasteiger partial charge on any atom is -0.493 e. The third-order valence-corrected chi connectivity index (χ3v) is 8.16. The molecule has 3 amide bonds. The van der Waals surface area contributed by atoms with Crippen LogP contribution in [-0.4, -0.2) is 58.1 Å². The number of carboxylic acid groups (broad SMARTS) is 1. The summed E-state index contributed by atoms with van der Waals surface area (Å²) >= 11 is 3.50. The molecule has 0 radical (unpaired) electrons. The molecule has 0 saturated carbocycles. The van der Waals surface area contributed by atoms with Gasteiger partial charge in [-0.25, -0.2) is 9.78 Å². The number of hydrogen-bond acceptors (Lipinski definition) is 6. The number of aromatic amines is 1. The van der Waals surface area contributed by atoms with E-state index in [1.54, 1.807) is 49.2 Å². The zero-order valence-corrected chi connectivity index (χ0v) is 27.3. The molecule has 2 atom stereocenters. The fraction of sp³-hybridized carbons (Fsp3) is 0.273. The van der Waals surface area contributed by atoms with Crippen LogP contribution in [-0.2, 0) is 17.8 Å². The molecule has 0 saturated heterocycles. The lowest BCUT2D eigenvalue weighted by molar-refractivity contribution is -0.136. The van der Waals surface area contributed by atoms with E-state index in [2.05, 4.69) is 31.2 Å². The van der Waals surface area contributed by atoms with Crippen LogP contribution in [0.3, 0.4) is 0 Å². The molecule has 236 valence electrons. The molecule has 0 bridgehead atoms. The highest BCUT2D eigenvalue weighted by Crippen LogP contribution is 2.31. The number of nitrogens with zero attached hydrogens (tertiary/aromatic N) is 2. The summed E-state index contributed by atoms with van der Waals surface area (Å²) in [6.45, 7) is 5.54. The van der Waals surface area contributed by atoms with Gasteiger partial charge in [-0.15, -0.1) is 0 Å². The molecule has 12 heteroatoms. The number of carbonyl (C=O) groups is 3. The summed E-state index contributed by atoms with van der Waals surface area (Å²) in [6.07, 6.45) is 0.413. The van der Waals surface area contributed by atoms with Gasteiger partial charge in [0.25, 0.3) is 0 Å². The Labute approximate surface area is 269 Å². The molecule has 0 aliphatic heterocycles. The predicted octanol–water partition coefficient (Wildman–Crippen LogP) is 5.54. The lowest BCUT2D eigenvalue weighted by atomic mass is 9.93. The lowest BCUT2D eigenvalue weighted by Crippen LogP contribution is -2.50. The number of aromatic nitrogens is 2. The number of methoxy groups -OCH3 is 2. The van der Waals surface area contributed by atoms with Crippen molar-refractivity contribution in [3.8, 4) is 22.8 Å². The summed E-state index contributed by atoms with van der Waals surface area (Å²) < 4.78 is 11.8. The highest BCUT2D eigenvalue weighted by atomic mass is 79.9. The van der Waals surface area contributed by atoms with Gasteiger partial charge in [0.05, 0.1) is 32.2 Å². The second-order valence-corrected chi connectivity index (χ2v) is 11.6. The van der Waals surface area contributed by atoms with Gasteiger partial charge in [-0.2, -0.15) is 0 Å². The summed E-state index contributed by atoms with van der Waals surface area (Å²) in [4.78, 5) is 47.7. The molecule has 11 nitrogen and oxygen atoms in total. The summed E-state index contributed by atoms with van der Waals surface area (Å²) in [7, 11) is 3.07. The van der Waals surface area contributed by atoms with E-state index in [1.807, 2.05) is 37.3 Å². The average molecular weight is 679 g/mol. The summed E-state index contributed by atoms with van der Waals surface area (Å²) in [5.74, 6) is 0.516. The number of halogens is 1. The molecule has 0 aliphatic rings. The van der Waals surface area contributed by atoms with Crippen molar-refractivity contribution in [1.29, 1.82) is 0 Å². The minimum atomic E-state index is -1.34. The van der Waals surface area contributed by atoms with Gasteiger partial charge in [-0.05, 0) is 79.4 Å². The van der Waals surface area contributed by atoms with Crippen molar-refractivity contribution in [2.45, 2.75) is 45.8 Å². The van der Waals surface area contributed by atoms with Gasteiger partial charge < -0.3 is 35.5 Å². The molecular weight excluding hydrogens is 642 g/mol. The van der Waals surface area contributed by atoms with Gasteiger partial charge in [-0.1, -0.05) is 34.1 Å². The van der Waals surface area contributed by atoms with Crippen LogP contribution >= 0.6 is 15.9 Å². The molecule has 2 unspecified atom stereocenters. The average Bonchev–Trinajstić information content (AvgIpc) is 3.50. The van der Waals surface area contributed by atoms with Gasteiger partial charge in [0, 0.05) is 28.6 Å². The monoisotopic (exact) mass is 677 g/mol. The van der Waals surface area contributed by atoms with E-state index in [-0.39, 0.29) is 13.0 Å². The minimum absolute atomic E-state index is 0.0540. The summed E-state index contributed by atoms with van der Waals surface area (Å²) in [5, 5.41) is 12.2. The van der Waals surface area contributed by atoms with Crippen LogP contribution in [0.2, 0.25) is 0 Å². The normalized spacial score (nSPS) is 12.2. The van der Waals surface area contributed by atoms with Crippen molar-refractivity contribution in [2.75, 3.05) is 14.2 Å². The van der Waals surface area contributed by atoms with Crippen molar-refractivity contribution in [3.05, 3.63) is 98.9 Å². The van der Waals surface area contributed by atoms with E-state index in [0.717, 1.165) is 38.0 Å². The largest absolute Gasteiger partial charge is 0.493 e. The Morgan fingerprint density at radius 1 is 1.04 bits per heavy atom. The number of aryl methyl sites for hydroxylation is 2. The maximum Gasteiger partial charge on any atom is 0.405 e. The molecule has 0 fully saturated rings. The van der Waals surface area contributed by atoms with E-state index in [1.165, 1.54) is 14.2 Å². The number of nitrogens with one attached hydrogen (secondary N) is 2. The highest BCUT2D eigenvalue weighted by Gasteiger charge is 2.32. The SMILES string of the molecule is COc1ccc(CN(C(=O)C(Cc2c(C)cc(C(N)=O)cc2C)NC(=O)O)C(C)c2ncc(-c3cccc(Br)c3)[nH]2)cc1OC. The molecule has 4 aromatic rings. The Morgan fingerprint density at radius 3 is 2.33 bits per heavy atom. The first kappa shape index (κ1) is 33.1. The number of H-pyrrole nitrogens is 1. The van der Waals surface area contributed by atoms with Crippen LogP contribution in [0.15, 0.2) is 65.3 Å². The van der Waals surface area contributed by atoms with E-state index in [0.29, 0.717) is 22.9 Å². The first-order valence-electron chi connectivity index (χ1n) is 14.1. The Kier molecular flexibility index (Phi) is 10.5. The molecule has 1 heterocycles. The van der Waals surface area contributed by atoms with Gasteiger partial charge in [0.1, 0.15) is 11.9 Å². The van der Waals surface area contributed by atoms with E-state index in [9.17, 15) is 19.5 Å². The second-order valence-electron chi connectivity index (χ2n) is 10.7. The van der Waals surface area contributed by atoms with Crippen molar-refractivity contribution in [1.82, 2.24) is 20.2 Å². The fourth-order valence-corrected chi connectivity index (χ4v) is 5.69. The Morgan fingerprint density at radius 2 is 1.73 bits per heavy atom. The van der Waals surface area contributed by atoms with Crippen LogP contribution in [0.5, 0.6) is 11.5 Å². The molecule has 4 rings (SSSR count). The first-order valence-corrected chi connectivity index (χ1v) is 14.9. The molecule has 5 N–H and O–H groups in total. The zero-order valence-electron chi connectivity index (χ0n) is 25.7. The number of rotatable bonds is 12. The van der Waals surface area contributed by atoms with E-state index < -0.39 is 30.0 Å². The number of ether oxygens (including phenoxy) is 2. The lowest BCUT2D eigenvalue weighted by Gasteiger charge is -2.32. The van der Waals surface area contributed by atoms with Crippen molar-refractivity contribution >= 4 is 33.8 Å². The first-order chi connectivity index (χ1) is 21.4. The molecule has 0 aliphatic carbocycles. The molecule has 1 aromatic heterocycles. The predicted molar refractivity (Wildman–Crippen MR) is 173 cm³/mol. The number of benzene rings is 3. The maximum absolute atomic E-state index is 14.4. The van der Waals surface area contributed by atoms with Crippen LogP contribution in [0.4, 0.5) is 4.79 Å². The van der Waals surface area contributed by atoms with Gasteiger partial charge in [0.15, 0.2) is 11.5 Å². The number of amides is 3. The summed E-state index contributed by atoms with van der Waals surface area (Å²) in [6, 6.07) is 14.6. The Bertz CT molecular complexity index is 1700. The van der Waals surface area contributed by atoms with Gasteiger partial charge in [0.2, 0.25) is 11.8 Å². The smallest absolute Gasteiger partial charge is 0.405 e. The van der Waals surface area contributed by atoms with Gasteiger partial charge in [-0.3, -0.25) is 9.59 Å². The van der Waals surface area contributed by atoms with Gasteiger partial charge >= 0.3 is 6.09 Å². The van der Waals surface area contributed by atoms with Crippen molar-refractivity contribution < 1.29 is 29.0 Å². The molecule has 0 spiro atoms. The van der Waals surface area contributed by atoms with Crippen LogP contribution in [0, 0.1) is 13.8 Å². The molecule has 3 aromatic carbocycles. The Balaban J connectivity index is 1.75. The second kappa shape index (κ2) is 14.3. The number of carbonyl (C=O) groups excluding carboxylic acids is 2. The van der Waals surface area contributed by atoms with E-state index >= 15 is 0 Å². The topological polar surface area (TPSA) is 160 Å². The summed E-state index contributed by atoms with van der Waals surface area (Å²) in [5.41, 5.74) is 10.4. The number of imidazole rings is 1. The number of hydrogen-bond donors (Lipinski definition) is 4. The van der Waals surface area contributed by atoms with Crippen LogP contribution in [0.1, 0.15) is 51.4 Å². The fourth-order valence-electron chi connectivity index (χ4n) is 5.29. The van der Waals surface area contributed by atoms with Crippen molar-refractivity contribution in [2.24, 2.45) is 5.73 Å². The van der Waals surface area contributed by atoms with E-state index in [4.69, 9.17) is 15.2 Å². The molecular formula is C33H36BrN5O6. The van der Waals surface area contributed by atoms with Crippen LogP contribution in [0.25, 0.3) is 11.3 Å². The maximum atomic E-state index is 14.4.